The maximum absolute atomic E-state index is 13.3. The molecule has 0 radical (unpaired) electrons. The van der Waals surface area contributed by atoms with Gasteiger partial charge in [-0.15, -0.1) is 0 Å². The minimum absolute atomic E-state index is 0.0141. The summed E-state index contributed by atoms with van der Waals surface area (Å²) in [7, 11) is 2.88. The van der Waals surface area contributed by atoms with Gasteiger partial charge in [0.25, 0.3) is 11.8 Å². The van der Waals surface area contributed by atoms with Crippen molar-refractivity contribution >= 4 is 11.8 Å². The van der Waals surface area contributed by atoms with E-state index in [0.717, 1.165) is 24.0 Å². The third-order valence-corrected chi connectivity index (χ3v) is 7.56. The topological polar surface area (TPSA) is 79.3 Å². The first kappa shape index (κ1) is 25.6. The molecular weight excluding hydrogens is 487 g/mol. The minimum atomic E-state index is -0.269. The summed E-state index contributed by atoms with van der Waals surface area (Å²) in [5.41, 5.74) is 2.72. The Balaban J connectivity index is 1.21. The Labute approximate surface area is 221 Å². The van der Waals surface area contributed by atoms with E-state index < -0.39 is 0 Å². The number of hydrogen-bond donors (Lipinski definition) is 1. The lowest BCUT2D eigenvalue weighted by molar-refractivity contribution is -0.0339. The highest BCUT2D eigenvalue weighted by Crippen LogP contribution is 2.43. The number of likely N-dealkylation sites (tertiary alicyclic amines) is 2. The highest BCUT2D eigenvalue weighted by atomic mass is 19.1. The van der Waals surface area contributed by atoms with E-state index in [2.05, 4.69) is 0 Å². The van der Waals surface area contributed by atoms with E-state index in [-0.39, 0.29) is 40.1 Å². The summed E-state index contributed by atoms with van der Waals surface area (Å²) in [4.78, 5) is 30.0. The molecule has 1 N–H and O–H groups in total. The summed E-state index contributed by atoms with van der Waals surface area (Å²) in [6.45, 7) is 2.33. The van der Waals surface area contributed by atoms with Crippen LogP contribution in [0, 0.1) is 11.2 Å². The largest absolute Gasteiger partial charge is 0.504 e. The first-order valence-corrected chi connectivity index (χ1v) is 12.7. The number of carbonyl (C=O) groups excluding carboxylic acids is 2. The quantitative estimate of drug-likeness (QED) is 0.519. The fraction of sp³-hybridized carbons (Fsp3) is 0.333. The summed E-state index contributed by atoms with van der Waals surface area (Å²) in [5.74, 6) is -0.291. The van der Waals surface area contributed by atoms with Crippen LogP contribution in [0.25, 0.3) is 0 Å². The standard InChI is InChI=1S/C30H31FN2O5/c1-37-25-13-12-24(26(34)27(25)38-2)29(36)33-18-30(19-33)14-3-15-32(17-30)28(35)22-8-4-20(5-9-22)16-21-6-10-23(31)11-7-21/h4-13,34H,3,14-19H2,1-2H3. The molecular formula is C30H31FN2O5. The second kappa shape index (κ2) is 10.4. The molecule has 2 amide bonds. The van der Waals surface area contributed by atoms with Crippen molar-refractivity contribution in [3.05, 3.63) is 88.7 Å². The van der Waals surface area contributed by atoms with Gasteiger partial charge in [-0.05, 0) is 66.8 Å². The van der Waals surface area contributed by atoms with Gasteiger partial charge >= 0.3 is 0 Å². The van der Waals surface area contributed by atoms with Gasteiger partial charge in [0.1, 0.15) is 5.82 Å². The first-order valence-electron chi connectivity index (χ1n) is 12.7. The van der Waals surface area contributed by atoms with Gasteiger partial charge in [-0.2, -0.15) is 0 Å². The van der Waals surface area contributed by atoms with Gasteiger partial charge in [-0.25, -0.2) is 4.39 Å². The van der Waals surface area contributed by atoms with Crippen molar-refractivity contribution in [1.82, 2.24) is 9.80 Å². The molecule has 2 saturated heterocycles. The SMILES string of the molecule is COc1ccc(C(=O)N2CC3(CCCN(C(=O)c4ccc(Cc5ccc(F)cc5)cc4)C3)C2)c(O)c1OC. The highest BCUT2D eigenvalue weighted by molar-refractivity contribution is 5.99. The molecule has 2 fully saturated rings. The number of piperidine rings is 1. The predicted octanol–water partition coefficient (Wildman–Crippen LogP) is 4.52. The number of phenolic OH excluding ortho intramolecular Hbond substituents is 1. The van der Waals surface area contributed by atoms with Crippen LogP contribution in [-0.2, 0) is 6.42 Å². The zero-order valence-electron chi connectivity index (χ0n) is 21.6. The van der Waals surface area contributed by atoms with E-state index in [9.17, 15) is 19.1 Å². The number of phenols is 1. The van der Waals surface area contributed by atoms with Crippen LogP contribution in [0.5, 0.6) is 17.2 Å². The fourth-order valence-electron chi connectivity index (χ4n) is 5.59. The molecule has 2 aliphatic rings. The van der Waals surface area contributed by atoms with Crippen LogP contribution < -0.4 is 9.47 Å². The number of hydrogen-bond acceptors (Lipinski definition) is 5. The Morgan fingerprint density at radius 1 is 0.868 bits per heavy atom. The molecule has 0 unspecified atom stereocenters. The van der Waals surface area contributed by atoms with Gasteiger partial charge in [0.05, 0.1) is 19.8 Å². The summed E-state index contributed by atoms with van der Waals surface area (Å²) in [6.07, 6.45) is 2.48. The van der Waals surface area contributed by atoms with Crippen molar-refractivity contribution in [2.24, 2.45) is 5.41 Å². The lowest BCUT2D eigenvalue weighted by Crippen LogP contribution is -2.64. The Bertz CT molecular complexity index is 1330. The van der Waals surface area contributed by atoms with Crippen LogP contribution in [0.15, 0.2) is 60.7 Å². The molecule has 0 aliphatic carbocycles. The molecule has 3 aromatic carbocycles. The van der Waals surface area contributed by atoms with Gasteiger partial charge < -0.3 is 24.4 Å². The lowest BCUT2D eigenvalue weighted by Gasteiger charge is -2.54. The van der Waals surface area contributed by atoms with E-state index in [1.165, 1.54) is 26.4 Å². The van der Waals surface area contributed by atoms with Crippen LogP contribution >= 0.6 is 0 Å². The number of methoxy groups -OCH3 is 2. The number of ether oxygens (including phenoxy) is 2. The average molecular weight is 519 g/mol. The number of halogens is 1. The molecule has 2 aliphatic heterocycles. The van der Waals surface area contributed by atoms with Crippen LogP contribution in [0.4, 0.5) is 4.39 Å². The Morgan fingerprint density at radius 3 is 2.13 bits per heavy atom. The molecule has 3 aromatic rings. The van der Waals surface area contributed by atoms with Crippen molar-refractivity contribution in [1.29, 1.82) is 0 Å². The second-order valence-electron chi connectivity index (χ2n) is 10.2. The first-order chi connectivity index (χ1) is 18.3. The number of carbonyl (C=O) groups is 2. The molecule has 0 atom stereocenters. The molecule has 38 heavy (non-hydrogen) atoms. The molecule has 0 bridgehead atoms. The zero-order chi connectivity index (χ0) is 26.9. The van der Waals surface area contributed by atoms with Crippen molar-refractivity contribution in [2.75, 3.05) is 40.4 Å². The summed E-state index contributed by atoms with van der Waals surface area (Å²) in [6, 6.07) is 17.1. The molecule has 198 valence electrons. The number of nitrogens with zero attached hydrogens (tertiary/aromatic N) is 2. The monoisotopic (exact) mass is 518 g/mol. The average Bonchev–Trinajstić information content (AvgIpc) is 2.92. The van der Waals surface area contributed by atoms with Gasteiger partial charge in [0.15, 0.2) is 11.5 Å². The third-order valence-electron chi connectivity index (χ3n) is 7.56. The summed E-state index contributed by atoms with van der Waals surface area (Å²) >= 11 is 0. The van der Waals surface area contributed by atoms with Crippen molar-refractivity contribution in [3.63, 3.8) is 0 Å². The molecule has 5 rings (SSSR count). The molecule has 7 nitrogen and oxygen atoms in total. The van der Waals surface area contributed by atoms with Crippen molar-refractivity contribution < 1.29 is 28.6 Å². The highest BCUT2D eigenvalue weighted by Gasteiger charge is 2.48. The van der Waals surface area contributed by atoms with Gasteiger partial charge in [0, 0.05) is 37.2 Å². The number of amides is 2. The predicted molar refractivity (Wildman–Crippen MR) is 140 cm³/mol. The molecule has 1 spiro atoms. The van der Waals surface area contributed by atoms with E-state index >= 15 is 0 Å². The van der Waals surface area contributed by atoms with Crippen molar-refractivity contribution in [2.45, 2.75) is 19.3 Å². The maximum atomic E-state index is 13.3. The van der Waals surface area contributed by atoms with E-state index in [0.29, 0.717) is 43.9 Å². The Hall–Kier alpha value is -4.07. The normalized spacial score (nSPS) is 16.2. The van der Waals surface area contributed by atoms with E-state index in [4.69, 9.17) is 9.47 Å². The number of benzene rings is 3. The van der Waals surface area contributed by atoms with Crippen LogP contribution in [-0.4, -0.2) is 67.1 Å². The third kappa shape index (κ3) is 4.90. The Morgan fingerprint density at radius 2 is 1.50 bits per heavy atom. The van der Waals surface area contributed by atoms with Gasteiger partial charge in [0.2, 0.25) is 5.75 Å². The lowest BCUT2D eigenvalue weighted by atomic mass is 9.73. The van der Waals surface area contributed by atoms with Crippen molar-refractivity contribution in [3.8, 4) is 17.2 Å². The number of rotatable bonds is 6. The van der Waals surface area contributed by atoms with Crippen LogP contribution in [0.3, 0.4) is 0 Å². The summed E-state index contributed by atoms with van der Waals surface area (Å²) in [5, 5.41) is 10.6. The molecule has 0 aromatic heterocycles. The molecule has 2 heterocycles. The zero-order valence-corrected chi connectivity index (χ0v) is 21.6. The second-order valence-corrected chi connectivity index (χ2v) is 10.2. The number of aromatic hydroxyl groups is 1. The smallest absolute Gasteiger partial charge is 0.257 e. The minimum Gasteiger partial charge on any atom is -0.504 e. The van der Waals surface area contributed by atoms with Crippen LogP contribution in [0.1, 0.15) is 44.7 Å². The molecule has 0 saturated carbocycles. The fourth-order valence-corrected chi connectivity index (χ4v) is 5.59. The van der Waals surface area contributed by atoms with Crippen LogP contribution in [0.2, 0.25) is 0 Å². The Kier molecular flexibility index (Phi) is 6.97. The maximum Gasteiger partial charge on any atom is 0.257 e. The summed E-state index contributed by atoms with van der Waals surface area (Å²) < 4.78 is 23.6. The van der Waals surface area contributed by atoms with E-state index in [1.807, 2.05) is 29.2 Å². The van der Waals surface area contributed by atoms with Gasteiger partial charge in [-0.1, -0.05) is 24.3 Å². The van der Waals surface area contributed by atoms with Gasteiger partial charge in [-0.3, -0.25) is 9.59 Å². The van der Waals surface area contributed by atoms with E-state index in [1.54, 1.807) is 29.2 Å². The molecule has 8 heteroatoms.